The Labute approximate surface area is 276 Å². The van der Waals surface area contributed by atoms with E-state index >= 15 is 0 Å². The number of benzene rings is 5. The minimum Gasteiger partial charge on any atom is -0.423 e. The number of nitrogens with zero attached hydrogens (tertiary/aromatic N) is 1. The summed E-state index contributed by atoms with van der Waals surface area (Å²) in [5, 5.41) is 0. The molecule has 0 saturated carbocycles. The Morgan fingerprint density at radius 1 is 0.553 bits per heavy atom. The summed E-state index contributed by atoms with van der Waals surface area (Å²) in [6.07, 6.45) is 8.32. The third-order valence-corrected chi connectivity index (χ3v) is 7.39. The Bertz CT molecular complexity index is 1800. The quantitative estimate of drug-likeness (QED) is 0.0639. The van der Waals surface area contributed by atoms with Crippen molar-refractivity contribution in [2.75, 3.05) is 4.90 Å². The molecular weight excluding hydrogens is 582 g/mol. The van der Waals surface area contributed by atoms with Crippen molar-refractivity contribution in [2.24, 2.45) is 0 Å². The summed E-state index contributed by atoms with van der Waals surface area (Å²) in [6.45, 7) is 11.1. The molecule has 5 rings (SSSR count). The molecule has 0 aromatic heterocycles. The number of aryl methyl sites for hydroxylation is 2. The largest absolute Gasteiger partial charge is 0.423 e. The highest BCUT2D eigenvalue weighted by Crippen LogP contribution is 2.35. The van der Waals surface area contributed by atoms with Gasteiger partial charge in [0.2, 0.25) is 0 Å². The highest BCUT2D eigenvalue weighted by Gasteiger charge is 2.12. The third kappa shape index (κ3) is 8.50. The van der Waals surface area contributed by atoms with Crippen LogP contribution in [-0.2, 0) is 9.59 Å². The molecule has 0 aliphatic heterocycles. The fourth-order valence-corrected chi connectivity index (χ4v) is 4.90. The van der Waals surface area contributed by atoms with E-state index in [0.29, 0.717) is 11.5 Å². The number of carbonyl (C=O) groups is 2. The fraction of sp³-hybridized carbons (Fsp3) is 0.0476. The number of carbonyl (C=O) groups excluding carboxylic acids is 2. The fourth-order valence-electron chi connectivity index (χ4n) is 4.90. The van der Waals surface area contributed by atoms with E-state index in [2.05, 4.69) is 105 Å². The maximum absolute atomic E-state index is 11.6. The lowest BCUT2D eigenvalue weighted by molar-refractivity contribution is -0.129. The second-order valence-electron chi connectivity index (χ2n) is 10.8. The van der Waals surface area contributed by atoms with Crippen LogP contribution in [0.1, 0.15) is 27.8 Å². The van der Waals surface area contributed by atoms with Gasteiger partial charge in [-0.3, -0.25) is 0 Å². The van der Waals surface area contributed by atoms with Gasteiger partial charge in [-0.1, -0.05) is 103 Å². The summed E-state index contributed by atoms with van der Waals surface area (Å²) in [7, 11) is 0. The second kappa shape index (κ2) is 15.2. The highest BCUT2D eigenvalue weighted by molar-refractivity contribution is 5.85. The average Bonchev–Trinajstić information content (AvgIpc) is 3.10. The van der Waals surface area contributed by atoms with Gasteiger partial charge in [0.05, 0.1) is 0 Å². The molecule has 0 spiro atoms. The molecule has 5 heteroatoms. The summed E-state index contributed by atoms with van der Waals surface area (Å²) in [5.74, 6) is -0.197. The first-order chi connectivity index (χ1) is 22.8. The number of rotatable bonds is 11. The molecule has 0 saturated heterocycles. The van der Waals surface area contributed by atoms with Crippen LogP contribution < -0.4 is 14.4 Å². The average molecular weight is 618 g/mol. The molecular formula is C42H35NO4. The number of hydrogen-bond acceptors (Lipinski definition) is 5. The molecule has 0 unspecified atom stereocenters. The summed E-state index contributed by atoms with van der Waals surface area (Å²) >= 11 is 0. The predicted octanol–water partition coefficient (Wildman–Crippen LogP) is 10.1. The third-order valence-electron chi connectivity index (χ3n) is 7.39. The molecule has 47 heavy (non-hydrogen) atoms. The molecule has 0 radical (unpaired) electrons. The van der Waals surface area contributed by atoms with Crippen LogP contribution in [0.15, 0.2) is 159 Å². The van der Waals surface area contributed by atoms with Gasteiger partial charge < -0.3 is 14.4 Å². The molecule has 0 amide bonds. The van der Waals surface area contributed by atoms with Gasteiger partial charge >= 0.3 is 11.9 Å². The summed E-state index contributed by atoms with van der Waals surface area (Å²) in [4.78, 5) is 25.5. The van der Waals surface area contributed by atoms with E-state index in [4.69, 9.17) is 9.47 Å². The van der Waals surface area contributed by atoms with E-state index < -0.39 is 11.9 Å². The van der Waals surface area contributed by atoms with Gasteiger partial charge in [0.15, 0.2) is 0 Å². The predicted molar refractivity (Wildman–Crippen MR) is 191 cm³/mol. The maximum atomic E-state index is 11.6. The first-order valence-electron chi connectivity index (χ1n) is 15.1. The van der Waals surface area contributed by atoms with Crippen LogP contribution in [0.25, 0.3) is 11.6 Å². The minimum absolute atomic E-state index is 0.422. The molecule has 0 aliphatic rings. The van der Waals surface area contributed by atoms with Gasteiger partial charge in [-0.25, -0.2) is 9.59 Å². The van der Waals surface area contributed by atoms with Crippen molar-refractivity contribution in [1.82, 2.24) is 0 Å². The van der Waals surface area contributed by atoms with Gasteiger partial charge in [0.1, 0.15) is 11.5 Å². The van der Waals surface area contributed by atoms with Crippen molar-refractivity contribution in [3.05, 3.63) is 187 Å². The molecule has 0 heterocycles. The van der Waals surface area contributed by atoms with E-state index in [0.717, 1.165) is 51.5 Å². The summed E-state index contributed by atoms with van der Waals surface area (Å²) in [6, 6.07) is 40.0. The maximum Gasteiger partial charge on any atom is 0.335 e. The van der Waals surface area contributed by atoms with Crippen molar-refractivity contribution < 1.29 is 19.1 Å². The van der Waals surface area contributed by atoms with Crippen LogP contribution in [0.5, 0.6) is 11.5 Å². The molecule has 0 atom stereocenters. The van der Waals surface area contributed by atoms with E-state index in [9.17, 15) is 9.59 Å². The van der Waals surface area contributed by atoms with Crippen LogP contribution in [0.2, 0.25) is 0 Å². The Kier molecular flexibility index (Phi) is 10.4. The van der Waals surface area contributed by atoms with Crippen molar-refractivity contribution >= 4 is 40.6 Å². The second-order valence-corrected chi connectivity index (χ2v) is 10.8. The Balaban J connectivity index is 1.43. The molecule has 5 nitrogen and oxygen atoms in total. The van der Waals surface area contributed by atoms with Gasteiger partial charge in [0, 0.05) is 29.2 Å². The van der Waals surface area contributed by atoms with Crippen molar-refractivity contribution in [2.45, 2.75) is 13.8 Å². The van der Waals surface area contributed by atoms with Crippen molar-refractivity contribution in [1.29, 1.82) is 0 Å². The monoisotopic (exact) mass is 617 g/mol. The lowest BCUT2D eigenvalue weighted by Crippen LogP contribution is -2.09. The van der Waals surface area contributed by atoms with E-state index in [1.807, 2.05) is 42.5 Å². The van der Waals surface area contributed by atoms with Gasteiger partial charge in [-0.2, -0.15) is 0 Å². The van der Waals surface area contributed by atoms with Gasteiger partial charge in [-0.15, -0.1) is 0 Å². The summed E-state index contributed by atoms with van der Waals surface area (Å²) < 4.78 is 10.5. The molecule has 0 fully saturated rings. The minimum atomic E-state index is -0.520. The van der Waals surface area contributed by atoms with Crippen molar-refractivity contribution in [3.63, 3.8) is 0 Å². The normalized spacial score (nSPS) is 10.6. The molecule has 5 aromatic rings. The molecule has 232 valence electrons. The number of esters is 2. The van der Waals surface area contributed by atoms with Crippen molar-refractivity contribution in [3.8, 4) is 11.5 Å². The van der Waals surface area contributed by atoms with E-state index in [1.54, 1.807) is 24.3 Å². The molecule has 0 aliphatic carbocycles. The number of allylic oxidation sites excluding steroid dienone is 2. The first-order valence-corrected chi connectivity index (χ1v) is 15.1. The van der Waals surface area contributed by atoms with E-state index in [-0.39, 0.29) is 0 Å². The number of hydrogen-bond donors (Lipinski definition) is 0. The zero-order valence-electron chi connectivity index (χ0n) is 26.4. The SMILES string of the molecule is C=CC(=O)Oc1ccc(C(=CC=Cc2ccc(N(c3ccc(C)cc3)c3ccc(C)cc3)cc2)c2ccc(OC(=O)C=C)cc2)cc1. The number of ether oxygens (including phenoxy) is 2. The van der Waals surface area contributed by atoms with E-state index in [1.165, 1.54) is 11.1 Å². The lowest BCUT2D eigenvalue weighted by atomic mass is 9.97. The standard InChI is InChI=1S/C42H35NO4/c1-5-41(44)46-38-26-16-33(17-27-38)40(34-18-28-39(29-19-34)47-42(45)6-2)9-7-8-32-14-24-37(25-15-32)43(35-20-10-30(3)11-21-35)36-22-12-31(4)13-23-36/h5-29H,1-2H2,3-4H3. The Hall–Kier alpha value is -6.20. The van der Waals surface area contributed by atoms with Crippen LogP contribution >= 0.6 is 0 Å². The number of anilines is 3. The molecule has 5 aromatic carbocycles. The van der Waals surface area contributed by atoms with Gasteiger partial charge in [-0.05, 0) is 96.8 Å². The van der Waals surface area contributed by atoms with Crippen LogP contribution in [0.4, 0.5) is 17.1 Å². The highest BCUT2D eigenvalue weighted by atomic mass is 16.5. The summed E-state index contributed by atoms with van der Waals surface area (Å²) in [5.41, 5.74) is 9.44. The van der Waals surface area contributed by atoms with Gasteiger partial charge in [0.25, 0.3) is 0 Å². The zero-order chi connectivity index (χ0) is 33.2. The zero-order valence-corrected chi connectivity index (χ0v) is 26.4. The topological polar surface area (TPSA) is 55.8 Å². The van der Waals surface area contributed by atoms with Crippen LogP contribution in [0.3, 0.4) is 0 Å². The van der Waals surface area contributed by atoms with Crippen LogP contribution in [0, 0.1) is 13.8 Å². The lowest BCUT2D eigenvalue weighted by Gasteiger charge is -2.25. The Morgan fingerprint density at radius 2 is 0.936 bits per heavy atom. The molecule has 0 bridgehead atoms. The first kappa shape index (κ1) is 32.2. The Morgan fingerprint density at radius 3 is 1.32 bits per heavy atom. The smallest absolute Gasteiger partial charge is 0.335 e. The van der Waals surface area contributed by atoms with Crippen LogP contribution in [-0.4, -0.2) is 11.9 Å². The molecule has 0 N–H and O–H groups in total.